The van der Waals surface area contributed by atoms with Gasteiger partial charge in [0.25, 0.3) is 0 Å². The average molecular weight is 239 g/mol. The molecule has 0 saturated heterocycles. The molecule has 3 N–H and O–H groups in total. The average Bonchev–Trinajstić information content (AvgIpc) is 2.87. The Balaban J connectivity index is 1.88. The largest absolute Gasteiger partial charge is 0.347 e. The first-order valence-electron chi connectivity index (χ1n) is 5.62. The third kappa shape index (κ3) is 2.59. The Bertz CT molecular complexity index is 352. The van der Waals surface area contributed by atoms with Crippen LogP contribution in [-0.2, 0) is 4.79 Å². The maximum absolute atomic E-state index is 11.9. The van der Waals surface area contributed by atoms with E-state index in [9.17, 15) is 4.79 Å². The molecule has 1 aromatic rings. The molecule has 88 valence electrons. The molecule has 2 rings (SSSR count). The van der Waals surface area contributed by atoms with Gasteiger partial charge in [-0.3, -0.25) is 4.79 Å². The van der Waals surface area contributed by atoms with Crippen LogP contribution in [-0.4, -0.2) is 16.9 Å². The summed E-state index contributed by atoms with van der Waals surface area (Å²) in [6.07, 6.45) is 4.45. The molecule has 0 bridgehead atoms. The van der Waals surface area contributed by atoms with Gasteiger partial charge in [0.1, 0.15) is 5.01 Å². The first-order chi connectivity index (χ1) is 7.66. The van der Waals surface area contributed by atoms with Gasteiger partial charge in [-0.25, -0.2) is 4.98 Å². The molecule has 5 heteroatoms. The molecule has 1 heterocycles. The van der Waals surface area contributed by atoms with Gasteiger partial charge < -0.3 is 11.1 Å². The van der Waals surface area contributed by atoms with Crippen molar-refractivity contribution in [2.24, 2.45) is 11.7 Å². The SMILES string of the molecule is CC(NC(=O)C1CCC(N)C1)c1nccs1. The highest BCUT2D eigenvalue weighted by molar-refractivity contribution is 7.09. The van der Waals surface area contributed by atoms with E-state index in [2.05, 4.69) is 10.3 Å². The van der Waals surface area contributed by atoms with E-state index in [0.717, 1.165) is 24.3 Å². The zero-order valence-corrected chi connectivity index (χ0v) is 10.2. The Labute approximate surface area is 99.3 Å². The van der Waals surface area contributed by atoms with Crippen LogP contribution in [0.1, 0.15) is 37.2 Å². The van der Waals surface area contributed by atoms with Crippen LogP contribution in [0.5, 0.6) is 0 Å². The van der Waals surface area contributed by atoms with Crippen LogP contribution in [0.15, 0.2) is 11.6 Å². The van der Waals surface area contributed by atoms with E-state index in [1.54, 1.807) is 17.5 Å². The molecule has 1 amide bonds. The van der Waals surface area contributed by atoms with Gasteiger partial charge in [0.15, 0.2) is 0 Å². The number of hydrogen-bond acceptors (Lipinski definition) is 4. The second-order valence-electron chi connectivity index (χ2n) is 4.37. The van der Waals surface area contributed by atoms with Crippen molar-refractivity contribution < 1.29 is 4.79 Å². The van der Waals surface area contributed by atoms with Crippen molar-refractivity contribution in [2.75, 3.05) is 0 Å². The Morgan fingerprint density at radius 1 is 1.69 bits per heavy atom. The number of thiazole rings is 1. The van der Waals surface area contributed by atoms with Crippen LogP contribution in [0, 0.1) is 5.92 Å². The Hall–Kier alpha value is -0.940. The number of amides is 1. The normalized spacial score (nSPS) is 26.6. The van der Waals surface area contributed by atoms with Crippen molar-refractivity contribution in [3.63, 3.8) is 0 Å². The minimum atomic E-state index is 0.00400. The number of nitrogens with one attached hydrogen (secondary N) is 1. The molecule has 3 atom stereocenters. The van der Waals surface area contributed by atoms with Gasteiger partial charge in [0.2, 0.25) is 5.91 Å². The lowest BCUT2D eigenvalue weighted by atomic mass is 10.1. The van der Waals surface area contributed by atoms with Gasteiger partial charge >= 0.3 is 0 Å². The predicted octanol–water partition coefficient (Wildman–Crippen LogP) is 1.45. The quantitative estimate of drug-likeness (QED) is 0.839. The number of carbonyl (C=O) groups is 1. The summed E-state index contributed by atoms with van der Waals surface area (Å²) in [5, 5.41) is 5.87. The number of rotatable bonds is 3. The topological polar surface area (TPSA) is 68.0 Å². The molecule has 1 saturated carbocycles. The summed E-state index contributed by atoms with van der Waals surface area (Å²) in [7, 11) is 0. The van der Waals surface area contributed by atoms with E-state index in [1.807, 2.05) is 12.3 Å². The zero-order chi connectivity index (χ0) is 11.5. The Morgan fingerprint density at radius 3 is 3.06 bits per heavy atom. The first kappa shape index (κ1) is 11.5. The van der Waals surface area contributed by atoms with Crippen molar-refractivity contribution in [1.29, 1.82) is 0 Å². The number of nitrogens with zero attached hydrogens (tertiary/aromatic N) is 1. The lowest BCUT2D eigenvalue weighted by molar-refractivity contribution is -0.125. The van der Waals surface area contributed by atoms with E-state index >= 15 is 0 Å². The third-order valence-electron chi connectivity index (χ3n) is 3.02. The van der Waals surface area contributed by atoms with Crippen LogP contribution in [0.25, 0.3) is 0 Å². The zero-order valence-electron chi connectivity index (χ0n) is 9.35. The second-order valence-corrected chi connectivity index (χ2v) is 5.30. The molecule has 0 radical (unpaired) electrons. The second kappa shape index (κ2) is 4.93. The Morgan fingerprint density at radius 2 is 2.50 bits per heavy atom. The molecule has 0 spiro atoms. The molecule has 1 aliphatic carbocycles. The molecular weight excluding hydrogens is 222 g/mol. The monoisotopic (exact) mass is 239 g/mol. The molecule has 4 nitrogen and oxygen atoms in total. The highest BCUT2D eigenvalue weighted by atomic mass is 32.1. The van der Waals surface area contributed by atoms with Gasteiger partial charge in [-0.15, -0.1) is 11.3 Å². The summed E-state index contributed by atoms with van der Waals surface area (Å²) >= 11 is 1.57. The predicted molar refractivity (Wildman–Crippen MR) is 64.0 cm³/mol. The van der Waals surface area contributed by atoms with Crippen molar-refractivity contribution in [3.05, 3.63) is 16.6 Å². The maximum Gasteiger partial charge on any atom is 0.223 e. The summed E-state index contributed by atoms with van der Waals surface area (Å²) in [6, 6.07) is 0.204. The number of aromatic nitrogens is 1. The van der Waals surface area contributed by atoms with E-state index in [4.69, 9.17) is 5.73 Å². The van der Waals surface area contributed by atoms with Crippen LogP contribution >= 0.6 is 11.3 Å². The first-order valence-corrected chi connectivity index (χ1v) is 6.50. The van der Waals surface area contributed by atoms with Crippen molar-refractivity contribution in [1.82, 2.24) is 10.3 Å². The summed E-state index contributed by atoms with van der Waals surface area (Å²) in [5.41, 5.74) is 5.80. The molecule has 1 aliphatic rings. The highest BCUT2D eigenvalue weighted by Gasteiger charge is 2.28. The third-order valence-corrected chi connectivity index (χ3v) is 3.98. The Kier molecular flexibility index (Phi) is 3.56. The summed E-state index contributed by atoms with van der Waals surface area (Å²) in [5.74, 6) is 0.216. The number of carbonyl (C=O) groups excluding carboxylic acids is 1. The fraction of sp³-hybridized carbons (Fsp3) is 0.636. The standard InChI is InChI=1S/C11H17N3OS/c1-7(11-13-4-5-16-11)14-10(15)8-2-3-9(12)6-8/h4-5,7-9H,2-3,6,12H2,1H3,(H,14,15). The van der Waals surface area contributed by atoms with Gasteiger partial charge in [0.05, 0.1) is 6.04 Å². The van der Waals surface area contributed by atoms with E-state index < -0.39 is 0 Å². The molecule has 0 aliphatic heterocycles. The van der Waals surface area contributed by atoms with Crippen LogP contribution in [0.4, 0.5) is 0 Å². The summed E-state index contributed by atoms with van der Waals surface area (Å²) in [6.45, 7) is 1.96. The van der Waals surface area contributed by atoms with Crippen molar-refractivity contribution in [3.8, 4) is 0 Å². The smallest absolute Gasteiger partial charge is 0.223 e. The van der Waals surface area contributed by atoms with Crippen LogP contribution in [0.3, 0.4) is 0 Å². The van der Waals surface area contributed by atoms with Crippen molar-refractivity contribution in [2.45, 2.75) is 38.3 Å². The molecule has 16 heavy (non-hydrogen) atoms. The van der Waals surface area contributed by atoms with Crippen molar-refractivity contribution >= 4 is 17.2 Å². The molecular formula is C11H17N3OS. The lowest BCUT2D eigenvalue weighted by Gasteiger charge is -2.15. The number of hydrogen-bond donors (Lipinski definition) is 2. The molecule has 0 aromatic carbocycles. The van der Waals surface area contributed by atoms with Crippen LogP contribution in [0.2, 0.25) is 0 Å². The van der Waals surface area contributed by atoms with Gasteiger partial charge in [-0.2, -0.15) is 0 Å². The summed E-state index contributed by atoms with van der Waals surface area (Å²) in [4.78, 5) is 16.1. The van der Waals surface area contributed by atoms with Gasteiger partial charge in [0, 0.05) is 23.5 Å². The molecule has 3 unspecified atom stereocenters. The van der Waals surface area contributed by atoms with E-state index in [-0.39, 0.29) is 23.9 Å². The van der Waals surface area contributed by atoms with E-state index in [1.165, 1.54) is 0 Å². The molecule has 1 aromatic heterocycles. The van der Waals surface area contributed by atoms with E-state index in [0.29, 0.717) is 0 Å². The molecule has 1 fully saturated rings. The highest BCUT2D eigenvalue weighted by Crippen LogP contribution is 2.25. The summed E-state index contributed by atoms with van der Waals surface area (Å²) < 4.78 is 0. The lowest BCUT2D eigenvalue weighted by Crippen LogP contribution is -2.32. The fourth-order valence-electron chi connectivity index (χ4n) is 2.10. The minimum Gasteiger partial charge on any atom is -0.347 e. The minimum absolute atomic E-state index is 0.00400. The van der Waals surface area contributed by atoms with Gasteiger partial charge in [-0.1, -0.05) is 0 Å². The maximum atomic E-state index is 11.9. The fourth-order valence-corrected chi connectivity index (χ4v) is 2.74. The number of nitrogens with two attached hydrogens (primary N) is 1. The van der Waals surface area contributed by atoms with Crippen LogP contribution < -0.4 is 11.1 Å². The van der Waals surface area contributed by atoms with Gasteiger partial charge in [-0.05, 0) is 26.2 Å².